The number of fused-ring (bicyclic) bond motifs is 1. The minimum Gasteiger partial charge on any atom is -0.0836 e. The van der Waals surface area contributed by atoms with Gasteiger partial charge in [0, 0.05) is 11.1 Å². The fourth-order valence-electron chi connectivity index (χ4n) is 1.10. The molecule has 0 N–H and O–H groups in total. The molecular weight excluding hydrogens is 156 g/mol. The molecule has 0 aliphatic heterocycles. The molecule has 0 aliphatic carbocycles. The molecule has 0 nitrogen and oxygen atoms in total. The molecular formula is C10H6Cl. The zero-order chi connectivity index (χ0) is 7.68. The van der Waals surface area contributed by atoms with E-state index in [2.05, 4.69) is 6.07 Å². The lowest BCUT2D eigenvalue weighted by Gasteiger charge is -1.95. The zero-order valence-corrected chi connectivity index (χ0v) is 6.60. The Kier molecular flexibility index (Phi) is 1.55. The van der Waals surface area contributed by atoms with Crippen molar-refractivity contribution in [1.29, 1.82) is 0 Å². The van der Waals surface area contributed by atoms with Crippen LogP contribution in [0, 0.1) is 6.07 Å². The van der Waals surface area contributed by atoms with E-state index in [1.165, 1.54) is 5.39 Å². The average molecular weight is 162 g/mol. The van der Waals surface area contributed by atoms with Gasteiger partial charge in [0.1, 0.15) is 0 Å². The topological polar surface area (TPSA) is 0 Å². The second kappa shape index (κ2) is 2.55. The van der Waals surface area contributed by atoms with E-state index in [0.717, 1.165) is 5.39 Å². The maximum absolute atomic E-state index is 5.76. The summed E-state index contributed by atoms with van der Waals surface area (Å²) in [5.74, 6) is 0. The zero-order valence-electron chi connectivity index (χ0n) is 5.84. The van der Waals surface area contributed by atoms with E-state index in [0.29, 0.717) is 5.02 Å². The maximum atomic E-state index is 5.76. The molecule has 0 atom stereocenters. The predicted octanol–water partition coefficient (Wildman–Crippen LogP) is 3.29. The van der Waals surface area contributed by atoms with Crippen LogP contribution in [0.1, 0.15) is 0 Å². The van der Waals surface area contributed by atoms with Crippen LogP contribution in [0.15, 0.2) is 36.4 Å². The van der Waals surface area contributed by atoms with Gasteiger partial charge in [0.15, 0.2) is 0 Å². The number of rotatable bonds is 0. The normalized spacial score (nSPS) is 10.3. The summed E-state index contributed by atoms with van der Waals surface area (Å²) in [7, 11) is 0. The predicted molar refractivity (Wildman–Crippen MR) is 47.8 cm³/mol. The van der Waals surface area contributed by atoms with Crippen LogP contribution in [-0.2, 0) is 0 Å². The van der Waals surface area contributed by atoms with Crippen LogP contribution in [0.2, 0.25) is 5.02 Å². The summed E-state index contributed by atoms with van der Waals surface area (Å²) in [5.41, 5.74) is 0. The van der Waals surface area contributed by atoms with Gasteiger partial charge in [-0.3, -0.25) is 0 Å². The minimum absolute atomic E-state index is 0.670. The van der Waals surface area contributed by atoms with E-state index in [1.54, 1.807) is 0 Å². The number of hydrogen-bond acceptors (Lipinski definition) is 0. The van der Waals surface area contributed by atoms with Crippen molar-refractivity contribution < 1.29 is 0 Å². The van der Waals surface area contributed by atoms with Gasteiger partial charge in [-0.2, -0.15) is 0 Å². The molecule has 11 heavy (non-hydrogen) atoms. The van der Waals surface area contributed by atoms with E-state index in [1.807, 2.05) is 36.4 Å². The lowest BCUT2D eigenvalue weighted by atomic mass is 10.1. The van der Waals surface area contributed by atoms with Gasteiger partial charge in [-0.05, 0) is 22.9 Å². The molecule has 1 heteroatoms. The van der Waals surface area contributed by atoms with E-state index >= 15 is 0 Å². The summed E-state index contributed by atoms with van der Waals surface area (Å²) in [6.07, 6.45) is 0. The Bertz CT molecular complexity index is 379. The highest BCUT2D eigenvalue weighted by molar-refractivity contribution is 6.31. The number of halogens is 1. The molecule has 0 unspecified atom stereocenters. The van der Waals surface area contributed by atoms with Crippen molar-refractivity contribution >= 4 is 22.4 Å². The van der Waals surface area contributed by atoms with Crippen LogP contribution in [0.3, 0.4) is 0 Å². The Morgan fingerprint density at radius 2 is 1.82 bits per heavy atom. The second-order valence-electron chi connectivity index (χ2n) is 2.41. The molecule has 2 rings (SSSR count). The van der Waals surface area contributed by atoms with Crippen molar-refractivity contribution in [2.45, 2.75) is 0 Å². The molecule has 0 fully saturated rings. The third-order valence-electron chi connectivity index (χ3n) is 1.64. The van der Waals surface area contributed by atoms with E-state index in [4.69, 9.17) is 11.6 Å². The second-order valence-corrected chi connectivity index (χ2v) is 2.82. The monoisotopic (exact) mass is 161 g/mol. The summed E-state index contributed by atoms with van der Waals surface area (Å²) < 4.78 is 0. The maximum Gasteiger partial charge on any atom is 0.0491 e. The van der Waals surface area contributed by atoms with Crippen molar-refractivity contribution in [3.8, 4) is 0 Å². The Morgan fingerprint density at radius 1 is 1.09 bits per heavy atom. The van der Waals surface area contributed by atoms with Crippen LogP contribution in [0.5, 0.6) is 0 Å². The molecule has 2 aromatic carbocycles. The molecule has 0 spiro atoms. The van der Waals surface area contributed by atoms with Crippen LogP contribution in [-0.4, -0.2) is 0 Å². The summed E-state index contributed by atoms with van der Waals surface area (Å²) in [6, 6.07) is 14.8. The van der Waals surface area contributed by atoms with E-state index in [-0.39, 0.29) is 0 Å². The first-order valence-electron chi connectivity index (χ1n) is 3.42. The van der Waals surface area contributed by atoms with Gasteiger partial charge in [-0.1, -0.05) is 35.9 Å². The molecule has 0 saturated carbocycles. The van der Waals surface area contributed by atoms with Gasteiger partial charge in [0.25, 0.3) is 0 Å². The van der Waals surface area contributed by atoms with Gasteiger partial charge in [0.05, 0.1) is 0 Å². The lowest BCUT2D eigenvalue weighted by molar-refractivity contribution is 1.73. The number of benzene rings is 2. The van der Waals surface area contributed by atoms with Crippen LogP contribution >= 0.6 is 11.6 Å². The van der Waals surface area contributed by atoms with Gasteiger partial charge < -0.3 is 0 Å². The van der Waals surface area contributed by atoms with Crippen molar-refractivity contribution in [2.24, 2.45) is 0 Å². The summed E-state index contributed by atoms with van der Waals surface area (Å²) in [5, 5.41) is 3.01. The Hall–Kier alpha value is -1.01. The molecule has 2 aromatic rings. The molecule has 0 amide bonds. The average Bonchev–Trinajstić information content (AvgIpc) is 2.04. The lowest BCUT2D eigenvalue weighted by Crippen LogP contribution is -1.70. The summed E-state index contributed by atoms with van der Waals surface area (Å²) in [4.78, 5) is 0. The first kappa shape index (κ1) is 6.68. The van der Waals surface area contributed by atoms with Crippen molar-refractivity contribution in [2.75, 3.05) is 0 Å². The highest BCUT2D eigenvalue weighted by Crippen LogP contribution is 2.17. The molecule has 53 valence electrons. The van der Waals surface area contributed by atoms with Gasteiger partial charge in [-0.25, -0.2) is 0 Å². The third kappa shape index (κ3) is 1.22. The highest BCUT2D eigenvalue weighted by atomic mass is 35.5. The van der Waals surface area contributed by atoms with Crippen molar-refractivity contribution in [3.05, 3.63) is 47.5 Å². The van der Waals surface area contributed by atoms with Crippen LogP contribution in [0.4, 0.5) is 0 Å². The smallest absolute Gasteiger partial charge is 0.0491 e. The van der Waals surface area contributed by atoms with Gasteiger partial charge in [-0.15, -0.1) is 0 Å². The number of hydrogen-bond donors (Lipinski definition) is 0. The molecule has 0 bridgehead atoms. The van der Waals surface area contributed by atoms with Crippen LogP contribution in [0.25, 0.3) is 10.8 Å². The van der Waals surface area contributed by atoms with E-state index < -0.39 is 0 Å². The largest absolute Gasteiger partial charge is 0.0836 e. The standard InChI is InChI=1S/C10H6Cl/c11-10-6-5-8-3-1-2-4-9(8)7-10/h1-5,7H. The van der Waals surface area contributed by atoms with Gasteiger partial charge in [0.2, 0.25) is 0 Å². The Morgan fingerprint density at radius 3 is 2.64 bits per heavy atom. The van der Waals surface area contributed by atoms with Crippen molar-refractivity contribution in [3.63, 3.8) is 0 Å². The SMILES string of the molecule is Clc1[c]cc2ccccc2c1. The minimum atomic E-state index is 0.670. The third-order valence-corrected chi connectivity index (χ3v) is 1.86. The van der Waals surface area contributed by atoms with Crippen LogP contribution < -0.4 is 0 Å². The molecule has 1 radical (unpaired) electrons. The fraction of sp³-hybridized carbons (Fsp3) is 0. The molecule has 0 saturated heterocycles. The Labute approximate surface area is 70.4 Å². The molecule has 0 heterocycles. The van der Waals surface area contributed by atoms with Gasteiger partial charge >= 0.3 is 0 Å². The van der Waals surface area contributed by atoms with E-state index in [9.17, 15) is 0 Å². The highest BCUT2D eigenvalue weighted by Gasteiger charge is 1.91. The Balaban J connectivity index is 2.83. The first-order valence-corrected chi connectivity index (χ1v) is 3.80. The quantitative estimate of drug-likeness (QED) is 0.556. The first-order chi connectivity index (χ1) is 5.36. The molecule has 0 aromatic heterocycles. The molecule has 0 aliphatic rings. The fourth-order valence-corrected chi connectivity index (χ4v) is 1.27. The summed E-state index contributed by atoms with van der Waals surface area (Å²) >= 11 is 5.76. The summed E-state index contributed by atoms with van der Waals surface area (Å²) in [6.45, 7) is 0. The van der Waals surface area contributed by atoms with Crippen molar-refractivity contribution in [1.82, 2.24) is 0 Å².